The lowest BCUT2D eigenvalue weighted by atomic mass is 9.84. The summed E-state index contributed by atoms with van der Waals surface area (Å²) in [5, 5.41) is 12.1. The smallest absolute Gasteiger partial charge is 0.256 e. The summed E-state index contributed by atoms with van der Waals surface area (Å²) in [7, 11) is 1.59. The van der Waals surface area contributed by atoms with Crippen LogP contribution in [-0.2, 0) is 9.53 Å². The van der Waals surface area contributed by atoms with Crippen LogP contribution in [0.4, 0.5) is 5.69 Å². The summed E-state index contributed by atoms with van der Waals surface area (Å²) in [6.07, 6.45) is 4.59. The molecule has 118 valence electrons. The third kappa shape index (κ3) is 3.40. The van der Waals surface area contributed by atoms with Gasteiger partial charge in [-0.15, -0.1) is 0 Å². The van der Waals surface area contributed by atoms with Gasteiger partial charge in [-0.3, -0.25) is 4.79 Å². The number of methoxy groups -OCH3 is 1. The summed E-state index contributed by atoms with van der Waals surface area (Å²) in [4.78, 5) is 12.6. The first kappa shape index (κ1) is 16.3. The van der Waals surface area contributed by atoms with Crippen LogP contribution in [0.5, 0.6) is 5.75 Å². The van der Waals surface area contributed by atoms with Gasteiger partial charge in [0.2, 0.25) is 0 Å². The summed E-state index contributed by atoms with van der Waals surface area (Å²) >= 11 is 0. The number of carbonyl (C=O) groups is 1. The van der Waals surface area contributed by atoms with Crippen molar-refractivity contribution in [2.75, 3.05) is 19.0 Å². The number of anilines is 1. The van der Waals surface area contributed by atoms with Crippen LogP contribution in [-0.4, -0.2) is 25.2 Å². The Hall–Kier alpha value is -2.06. The van der Waals surface area contributed by atoms with Crippen molar-refractivity contribution in [1.29, 1.82) is 5.26 Å². The van der Waals surface area contributed by atoms with Gasteiger partial charge in [-0.2, -0.15) is 5.26 Å². The van der Waals surface area contributed by atoms with Gasteiger partial charge < -0.3 is 14.8 Å². The molecule has 0 aromatic heterocycles. The third-order valence-corrected chi connectivity index (χ3v) is 4.12. The van der Waals surface area contributed by atoms with E-state index in [1.807, 2.05) is 6.92 Å². The molecule has 1 aliphatic carbocycles. The predicted molar refractivity (Wildman–Crippen MR) is 83.8 cm³/mol. The molecule has 2 rings (SSSR count). The molecule has 0 spiro atoms. The summed E-state index contributed by atoms with van der Waals surface area (Å²) in [5.41, 5.74) is 0.255. The Morgan fingerprint density at radius 2 is 2.09 bits per heavy atom. The second-order valence-electron chi connectivity index (χ2n) is 5.47. The van der Waals surface area contributed by atoms with Gasteiger partial charge in [0.15, 0.2) is 0 Å². The van der Waals surface area contributed by atoms with Crippen LogP contribution in [0.25, 0.3) is 0 Å². The maximum absolute atomic E-state index is 12.6. The van der Waals surface area contributed by atoms with Gasteiger partial charge in [0.1, 0.15) is 17.4 Å². The number of nitrogens with one attached hydrogen (secondary N) is 1. The van der Waals surface area contributed by atoms with Crippen molar-refractivity contribution in [3.63, 3.8) is 0 Å². The van der Waals surface area contributed by atoms with Crippen molar-refractivity contribution in [3.05, 3.63) is 23.8 Å². The monoisotopic (exact) mass is 302 g/mol. The first-order chi connectivity index (χ1) is 10.6. The molecule has 1 saturated carbocycles. The zero-order valence-corrected chi connectivity index (χ0v) is 13.1. The highest BCUT2D eigenvalue weighted by molar-refractivity contribution is 5.97. The van der Waals surface area contributed by atoms with Gasteiger partial charge in [0, 0.05) is 12.8 Å². The highest BCUT2D eigenvalue weighted by Gasteiger charge is 2.39. The second kappa shape index (κ2) is 7.28. The summed E-state index contributed by atoms with van der Waals surface area (Å²) in [6.45, 7) is 2.36. The van der Waals surface area contributed by atoms with E-state index in [2.05, 4.69) is 11.4 Å². The molecule has 0 aliphatic heterocycles. The Labute approximate surface area is 131 Å². The van der Waals surface area contributed by atoms with Crippen LogP contribution >= 0.6 is 0 Å². The van der Waals surface area contributed by atoms with Gasteiger partial charge in [0.25, 0.3) is 5.91 Å². The Morgan fingerprint density at radius 3 is 2.68 bits per heavy atom. The number of amides is 1. The lowest BCUT2D eigenvalue weighted by molar-refractivity contribution is -0.141. The van der Waals surface area contributed by atoms with E-state index in [1.54, 1.807) is 25.3 Å². The highest BCUT2D eigenvalue weighted by Crippen LogP contribution is 2.32. The van der Waals surface area contributed by atoms with Crippen molar-refractivity contribution in [3.8, 4) is 11.8 Å². The topological polar surface area (TPSA) is 71.3 Å². The van der Waals surface area contributed by atoms with Crippen LogP contribution in [0.2, 0.25) is 0 Å². The number of rotatable bonds is 5. The number of nitrogens with zero attached hydrogens (tertiary/aromatic N) is 1. The molecule has 1 fully saturated rings. The predicted octanol–water partition coefficient (Wildman–Crippen LogP) is 3.24. The summed E-state index contributed by atoms with van der Waals surface area (Å²) < 4.78 is 10.9. The van der Waals surface area contributed by atoms with E-state index < -0.39 is 5.60 Å². The van der Waals surface area contributed by atoms with E-state index in [0.29, 0.717) is 23.6 Å². The van der Waals surface area contributed by atoms with E-state index in [9.17, 15) is 10.1 Å². The second-order valence-corrected chi connectivity index (χ2v) is 5.47. The lowest BCUT2D eigenvalue weighted by Gasteiger charge is -2.34. The molecule has 0 heterocycles. The number of benzene rings is 1. The van der Waals surface area contributed by atoms with E-state index in [-0.39, 0.29) is 5.91 Å². The minimum Gasteiger partial charge on any atom is -0.492 e. The van der Waals surface area contributed by atoms with Gasteiger partial charge in [-0.25, -0.2) is 0 Å². The van der Waals surface area contributed by atoms with Crippen molar-refractivity contribution >= 4 is 11.6 Å². The molecule has 1 aromatic rings. The molecule has 5 nitrogen and oxygen atoms in total. The molecule has 1 amide bonds. The number of nitriles is 1. The first-order valence-corrected chi connectivity index (χ1v) is 7.69. The fraction of sp³-hybridized carbons (Fsp3) is 0.529. The number of ether oxygens (including phenoxy) is 2. The largest absolute Gasteiger partial charge is 0.492 e. The zero-order valence-electron chi connectivity index (χ0n) is 13.1. The minimum atomic E-state index is -0.746. The summed E-state index contributed by atoms with van der Waals surface area (Å²) in [5.74, 6) is 0.393. The standard InChI is InChI=1S/C17H22N2O3/c1-3-22-15-8-7-14(11-13(15)12-18)19-16(20)17(21-2)9-5-4-6-10-17/h7-8,11H,3-6,9-10H2,1-2H3,(H,19,20). The normalized spacial score (nSPS) is 16.6. The molecule has 0 atom stereocenters. The molecule has 5 heteroatoms. The number of carbonyl (C=O) groups excluding carboxylic acids is 1. The Bertz CT molecular complexity index is 572. The van der Waals surface area contributed by atoms with Crippen LogP contribution in [0.1, 0.15) is 44.6 Å². The SMILES string of the molecule is CCOc1ccc(NC(=O)C2(OC)CCCCC2)cc1C#N. The van der Waals surface area contributed by atoms with E-state index in [0.717, 1.165) is 32.1 Å². The maximum atomic E-state index is 12.6. The first-order valence-electron chi connectivity index (χ1n) is 7.69. The van der Waals surface area contributed by atoms with Crippen LogP contribution < -0.4 is 10.1 Å². The molecule has 0 saturated heterocycles. The van der Waals surface area contributed by atoms with E-state index in [1.165, 1.54) is 0 Å². The number of hydrogen-bond acceptors (Lipinski definition) is 4. The lowest BCUT2D eigenvalue weighted by Crippen LogP contribution is -2.46. The molecule has 1 aromatic carbocycles. The fourth-order valence-electron chi connectivity index (χ4n) is 2.87. The van der Waals surface area contributed by atoms with Crippen LogP contribution in [0.3, 0.4) is 0 Å². The van der Waals surface area contributed by atoms with Crippen molar-refractivity contribution in [2.45, 2.75) is 44.6 Å². The Kier molecular flexibility index (Phi) is 5.40. The van der Waals surface area contributed by atoms with Crippen LogP contribution in [0.15, 0.2) is 18.2 Å². The summed E-state index contributed by atoms with van der Waals surface area (Å²) in [6, 6.07) is 7.18. The van der Waals surface area contributed by atoms with Gasteiger partial charge >= 0.3 is 0 Å². The zero-order chi connectivity index (χ0) is 16.0. The third-order valence-electron chi connectivity index (χ3n) is 4.12. The van der Waals surface area contributed by atoms with Crippen molar-refractivity contribution in [2.24, 2.45) is 0 Å². The molecule has 22 heavy (non-hydrogen) atoms. The number of hydrogen-bond donors (Lipinski definition) is 1. The average molecular weight is 302 g/mol. The minimum absolute atomic E-state index is 0.136. The van der Waals surface area contributed by atoms with Crippen LogP contribution in [0, 0.1) is 11.3 Å². The van der Waals surface area contributed by atoms with Gasteiger partial charge in [-0.05, 0) is 38.0 Å². The van der Waals surface area contributed by atoms with Gasteiger partial charge in [0.05, 0.1) is 12.2 Å². The molecule has 0 radical (unpaired) electrons. The Balaban J connectivity index is 2.16. The van der Waals surface area contributed by atoms with Crippen molar-refractivity contribution < 1.29 is 14.3 Å². The molecule has 0 unspecified atom stereocenters. The van der Waals surface area contributed by atoms with Gasteiger partial charge in [-0.1, -0.05) is 19.3 Å². The van der Waals surface area contributed by atoms with Crippen molar-refractivity contribution in [1.82, 2.24) is 0 Å². The fourth-order valence-corrected chi connectivity index (χ4v) is 2.87. The highest BCUT2D eigenvalue weighted by atomic mass is 16.5. The maximum Gasteiger partial charge on any atom is 0.256 e. The molecule has 1 N–H and O–H groups in total. The molecular formula is C17H22N2O3. The molecule has 1 aliphatic rings. The molecular weight excluding hydrogens is 280 g/mol. The van der Waals surface area contributed by atoms with E-state index >= 15 is 0 Å². The Morgan fingerprint density at radius 1 is 1.36 bits per heavy atom. The van der Waals surface area contributed by atoms with E-state index in [4.69, 9.17) is 9.47 Å². The average Bonchev–Trinajstić information content (AvgIpc) is 2.57. The molecule has 0 bridgehead atoms. The quantitative estimate of drug-likeness (QED) is 0.906.